The number of nitrogens with one attached hydrogen (secondary N) is 1. The van der Waals surface area contributed by atoms with Gasteiger partial charge in [-0.1, -0.05) is 32.9 Å². The van der Waals surface area contributed by atoms with E-state index in [1.807, 2.05) is 18.8 Å². The summed E-state index contributed by atoms with van der Waals surface area (Å²) in [5, 5.41) is 3.38. The Morgan fingerprint density at radius 3 is 2.25 bits per heavy atom. The van der Waals surface area contributed by atoms with Gasteiger partial charge >= 0.3 is 0 Å². The monoisotopic (exact) mass is 237 g/mol. The average Bonchev–Trinajstić information content (AvgIpc) is 2.28. The van der Waals surface area contributed by atoms with Crippen LogP contribution in [0.4, 0.5) is 0 Å². The van der Waals surface area contributed by atoms with E-state index in [1.165, 1.54) is 10.5 Å². The van der Waals surface area contributed by atoms with Crippen molar-refractivity contribution in [2.75, 3.05) is 12.8 Å². The molecule has 16 heavy (non-hydrogen) atoms. The van der Waals surface area contributed by atoms with Gasteiger partial charge in [0.05, 0.1) is 0 Å². The van der Waals surface area contributed by atoms with Crippen molar-refractivity contribution in [1.29, 1.82) is 0 Å². The fourth-order valence-electron chi connectivity index (χ4n) is 1.81. The minimum atomic E-state index is 0.574. The van der Waals surface area contributed by atoms with Gasteiger partial charge in [0.1, 0.15) is 0 Å². The van der Waals surface area contributed by atoms with Crippen LogP contribution in [-0.2, 0) is 6.42 Å². The quantitative estimate of drug-likeness (QED) is 0.759. The highest BCUT2D eigenvalue weighted by molar-refractivity contribution is 7.99. The Morgan fingerprint density at radius 2 is 1.81 bits per heavy atom. The van der Waals surface area contributed by atoms with Crippen LogP contribution in [0.3, 0.4) is 0 Å². The molecule has 0 saturated carbocycles. The molecule has 1 atom stereocenters. The van der Waals surface area contributed by atoms with Crippen molar-refractivity contribution in [1.82, 2.24) is 5.32 Å². The Kier molecular flexibility index (Phi) is 5.93. The summed E-state index contributed by atoms with van der Waals surface area (Å²) < 4.78 is 0. The van der Waals surface area contributed by atoms with E-state index < -0.39 is 0 Å². The normalized spacial score (nSPS) is 13.1. The van der Waals surface area contributed by atoms with E-state index >= 15 is 0 Å². The highest BCUT2D eigenvalue weighted by Gasteiger charge is 2.11. The first-order valence-electron chi connectivity index (χ1n) is 6.06. The third kappa shape index (κ3) is 4.18. The number of rotatable bonds is 6. The zero-order valence-corrected chi connectivity index (χ0v) is 11.6. The van der Waals surface area contributed by atoms with Crippen LogP contribution in [0.5, 0.6) is 0 Å². The fourth-order valence-corrected chi connectivity index (χ4v) is 2.48. The molecule has 0 aliphatic heterocycles. The van der Waals surface area contributed by atoms with Gasteiger partial charge in [0, 0.05) is 10.9 Å². The molecule has 1 nitrogen and oxygen atoms in total. The Morgan fingerprint density at radius 1 is 1.19 bits per heavy atom. The van der Waals surface area contributed by atoms with Crippen LogP contribution < -0.4 is 5.32 Å². The number of benzene rings is 1. The second-order valence-corrected chi connectivity index (χ2v) is 5.76. The molecule has 1 N–H and O–H groups in total. The van der Waals surface area contributed by atoms with Gasteiger partial charge in [0.15, 0.2) is 0 Å². The zero-order valence-electron chi connectivity index (χ0n) is 10.8. The molecular weight excluding hydrogens is 214 g/mol. The first-order chi connectivity index (χ1) is 7.67. The van der Waals surface area contributed by atoms with E-state index in [0.717, 1.165) is 12.2 Å². The van der Waals surface area contributed by atoms with E-state index in [2.05, 4.69) is 50.4 Å². The second kappa shape index (κ2) is 6.97. The van der Waals surface area contributed by atoms with Crippen LogP contribution in [0.15, 0.2) is 29.2 Å². The van der Waals surface area contributed by atoms with Crippen molar-refractivity contribution in [2.24, 2.45) is 5.92 Å². The molecule has 0 bridgehead atoms. The molecule has 0 saturated heterocycles. The molecule has 0 aromatic heterocycles. The third-order valence-corrected chi connectivity index (χ3v) is 3.76. The zero-order chi connectivity index (χ0) is 12.0. The van der Waals surface area contributed by atoms with E-state index in [0.29, 0.717) is 12.0 Å². The smallest absolute Gasteiger partial charge is 0.0127 e. The van der Waals surface area contributed by atoms with Crippen LogP contribution in [0.25, 0.3) is 0 Å². The lowest BCUT2D eigenvalue weighted by molar-refractivity contribution is 0.424. The van der Waals surface area contributed by atoms with E-state index in [-0.39, 0.29) is 0 Å². The van der Waals surface area contributed by atoms with Gasteiger partial charge in [-0.15, -0.1) is 11.8 Å². The number of hydrogen-bond donors (Lipinski definition) is 1. The number of hydrogen-bond acceptors (Lipinski definition) is 2. The van der Waals surface area contributed by atoms with Gasteiger partial charge in [0.2, 0.25) is 0 Å². The minimum absolute atomic E-state index is 0.574. The molecule has 1 rings (SSSR count). The summed E-state index contributed by atoms with van der Waals surface area (Å²) in [5.41, 5.74) is 1.42. The summed E-state index contributed by atoms with van der Waals surface area (Å²) in [6.07, 6.45) is 1.12. The first-order valence-corrected chi connectivity index (χ1v) is 7.05. The molecule has 1 aromatic carbocycles. The van der Waals surface area contributed by atoms with Crippen LogP contribution in [0, 0.1) is 5.92 Å². The Balaban J connectivity index is 2.60. The molecule has 0 aliphatic rings. The summed E-state index contributed by atoms with van der Waals surface area (Å²) in [5.74, 6) is 1.82. The van der Waals surface area contributed by atoms with Crippen molar-refractivity contribution < 1.29 is 0 Å². The van der Waals surface area contributed by atoms with Crippen molar-refractivity contribution in [2.45, 2.75) is 38.1 Å². The van der Waals surface area contributed by atoms with Gasteiger partial charge in [-0.2, -0.15) is 0 Å². The van der Waals surface area contributed by atoms with Gasteiger partial charge < -0.3 is 5.32 Å². The van der Waals surface area contributed by atoms with E-state index in [9.17, 15) is 0 Å². The predicted octanol–water partition coefficient (Wildman–Crippen LogP) is 3.59. The molecular formula is C14H23NS. The van der Waals surface area contributed by atoms with Crippen molar-refractivity contribution in [3.8, 4) is 0 Å². The van der Waals surface area contributed by atoms with Gasteiger partial charge in [-0.3, -0.25) is 0 Å². The average molecular weight is 237 g/mol. The largest absolute Gasteiger partial charge is 0.316 e. The molecule has 0 spiro atoms. The van der Waals surface area contributed by atoms with E-state index in [4.69, 9.17) is 0 Å². The highest BCUT2D eigenvalue weighted by Crippen LogP contribution is 2.19. The van der Waals surface area contributed by atoms with E-state index in [1.54, 1.807) is 0 Å². The van der Waals surface area contributed by atoms with Crippen LogP contribution >= 0.6 is 11.8 Å². The summed E-state index contributed by atoms with van der Waals surface area (Å²) in [6, 6.07) is 9.55. The lowest BCUT2D eigenvalue weighted by atomic mass is 9.97. The Labute approximate surface area is 104 Å². The molecule has 90 valence electrons. The third-order valence-electron chi connectivity index (χ3n) is 2.87. The summed E-state index contributed by atoms with van der Waals surface area (Å²) in [7, 11) is 2.05. The summed E-state index contributed by atoms with van der Waals surface area (Å²) in [4.78, 5) is 1.37. The molecule has 1 aromatic rings. The van der Waals surface area contributed by atoms with Crippen molar-refractivity contribution >= 4 is 11.8 Å². The first kappa shape index (κ1) is 13.6. The Bertz CT molecular complexity index is 292. The standard InChI is InChI=1S/C14H23NS/c1-5-16-13-8-6-12(7-9-13)10-14(15-4)11(2)3/h6-9,11,14-15H,5,10H2,1-4H3. The van der Waals surface area contributed by atoms with Crippen molar-refractivity contribution in [3.05, 3.63) is 29.8 Å². The fraction of sp³-hybridized carbons (Fsp3) is 0.571. The summed E-state index contributed by atoms with van der Waals surface area (Å²) >= 11 is 1.90. The minimum Gasteiger partial charge on any atom is -0.316 e. The molecule has 1 unspecified atom stereocenters. The molecule has 2 heteroatoms. The summed E-state index contributed by atoms with van der Waals surface area (Å²) in [6.45, 7) is 6.72. The maximum Gasteiger partial charge on any atom is 0.0127 e. The van der Waals surface area contributed by atoms with Crippen LogP contribution in [0.1, 0.15) is 26.3 Å². The lowest BCUT2D eigenvalue weighted by Crippen LogP contribution is -2.32. The van der Waals surface area contributed by atoms with Gasteiger partial charge in [-0.05, 0) is 42.8 Å². The molecule has 0 heterocycles. The SMILES string of the molecule is CCSc1ccc(CC(NC)C(C)C)cc1. The predicted molar refractivity (Wildman–Crippen MR) is 74.2 cm³/mol. The number of thioether (sulfide) groups is 1. The van der Waals surface area contributed by atoms with Crippen molar-refractivity contribution in [3.63, 3.8) is 0 Å². The maximum absolute atomic E-state index is 3.38. The van der Waals surface area contributed by atoms with Gasteiger partial charge in [0.25, 0.3) is 0 Å². The second-order valence-electron chi connectivity index (χ2n) is 4.42. The van der Waals surface area contributed by atoms with Crippen LogP contribution in [-0.4, -0.2) is 18.8 Å². The molecule has 0 amide bonds. The number of likely N-dealkylation sites (N-methyl/N-ethyl adjacent to an activating group) is 1. The Hall–Kier alpha value is -0.470. The maximum atomic E-state index is 3.38. The lowest BCUT2D eigenvalue weighted by Gasteiger charge is -2.20. The molecule has 0 fully saturated rings. The highest BCUT2D eigenvalue weighted by atomic mass is 32.2. The van der Waals surface area contributed by atoms with Crippen LogP contribution in [0.2, 0.25) is 0 Å². The topological polar surface area (TPSA) is 12.0 Å². The molecule has 0 radical (unpaired) electrons. The van der Waals surface area contributed by atoms with Gasteiger partial charge in [-0.25, -0.2) is 0 Å². The molecule has 0 aliphatic carbocycles.